The molecule has 0 radical (unpaired) electrons. The van der Waals surface area contributed by atoms with E-state index >= 15 is 0 Å². The van der Waals surface area contributed by atoms with Crippen LogP contribution in [0.3, 0.4) is 0 Å². The zero-order valence-corrected chi connectivity index (χ0v) is 13.6. The average molecular weight is 309 g/mol. The summed E-state index contributed by atoms with van der Waals surface area (Å²) in [5.74, 6) is 1.22. The molecule has 2 aliphatic rings. The van der Waals surface area contributed by atoms with Crippen LogP contribution in [-0.2, 0) is 7.05 Å². The van der Waals surface area contributed by atoms with Crippen molar-refractivity contribution in [2.45, 2.75) is 37.6 Å². The SMILES string of the molecule is Cn1cc(C(=O)N2C[C@@H](c3ccccc3)[C@@H]3CCCC[C@H]32)cn1. The Morgan fingerprint density at radius 3 is 2.70 bits per heavy atom. The van der Waals surface area contributed by atoms with Crippen LogP contribution < -0.4 is 0 Å². The van der Waals surface area contributed by atoms with Crippen molar-refractivity contribution in [2.24, 2.45) is 13.0 Å². The highest BCUT2D eigenvalue weighted by Gasteiger charge is 2.45. The molecule has 4 nitrogen and oxygen atoms in total. The van der Waals surface area contributed by atoms with Gasteiger partial charge in [-0.15, -0.1) is 0 Å². The van der Waals surface area contributed by atoms with E-state index < -0.39 is 0 Å². The van der Waals surface area contributed by atoms with Gasteiger partial charge < -0.3 is 4.90 Å². The molecule has 1 aliphatic heterocycles. The number of hydrogen-bond donors (Lipinski definition) is 0. The van der Waals surface area contributed by atoms with E-state index in [0.717, 1.165) is 13.0 Å². The highest BCUT2D eigenvalue weighted by molar-refractivity contribution is 5.94. The first-order valence-corrected chi connectivity index (χ1v) is 8.58. The van der Waals surface area contributed by atoms with Gasteiger partial charge in [-0.05, 0) is 24.3 Å². The Balaban J connectivity index is 1.64. The molecule has 1 aromatic carbocycles. The van der Waals surface area contributed by atoms with Crippen molar-refractivity contribution in [1.82, 2.24) is 14.7 Å². The third-order valence-electron chi connectivity index (χ3n) is 5.53. The van der Waals surface area contributed by atoms with E-state index in [1.165, 1.54) is 24.8 Å². The van der Waals surface area contributed by atoms with Crippen molar-refractivity contribution in [1.29, 1.82) is 0 Å². The maximum Gasteiger partial charge on any atom is 0.257 e. The Labute approximate surface area is 137 Å². The lowest BCUT2D eigenvalue weighted by atomic mass is 9.77. The minimum atomic E-state index is 0.147. The lowest BCUT2D eigenvalue weighted by Gasteiger charge is -2.32. The fourth-order valence-electron chi connectivity index (χ4n) is 4.46. The Hall–Kier alpha value is -2.10. The lowest BCUT2D eigenvalue weighted by molar-refractivity contribution is 0.0690. The molecule has 2 fully saturated rings. The van der Waals surface area contributed by atoms with Gasteiger partial charge in [0.25, 0.3) is 5.91 Å². The molecule has 23 heavy (non-hydrogen) atoms. The van der Waals surface area contributed by atoms with E-state index in [-0.39, 0.29) is 5.91 Å². The number of fused-ring (bicyclic) bond motifs is 1. The topological polar surface area (TPSA) is 38.1 Å². The Bertz CT molecular complexity index is 694. The molecule has 2 heterocycles. The first-order chi connectivity index (χ1) is 11.2. The van der Waals surface area contributed by atoms with Gasteiger partial charge in [-0.2, -0.15) is 5.10 Å². The highest BCUT2D eigenvalue weighted by Crippen LogP contribution is 2.45. The molecule has 1 aromatic heterocycles. The van der Waals surface area contributed by atoms with Gasteiger partial charge in [-0.1, -0.05) is 43.2 Å². The highest BCUT2D eigenvalue weighted by atomic mass is 16.2. The minimum Gasteiger partial charge on any atom is -0.335 e. The number of rotatable bonds is 2. The molecular formula is C19H23N3O. The van der Waals surface area contributed by atoms with Gasteiger partial charge in [0.1, 0.15) is 0 Å². The molecule has 4 heteroatoms. The molecule has 1 saturated heterocycles. The van der Waals surface area contributed by atoms with Crippen molar-refractivity contribution in [2.75, 3.05) is 6.54 Å². The number of carbonyl (C=O) groups excluding carboxylic acids is 1. The van der Waals surface area contributed by atoms with Crippen LogP contribution in [0.5, 0.6) is 0 Å². The summed E-state index contributed by atoms with van der Waals surface area (Å²) in [6.45, 7) is 0.840. The number of aryl methyl sites for hydroxylation is 1. The summed E-state index contributed by atoms with van der Waals surface area (Å²) in [6, 6.07) is 11.1. The molecule has 1 amide bonds. The number of carbonyl (C=O) groups is 1. The molecule has 4 rings (SSSR count). The first-order valence-electron chi connectivity index (χ1n) is 8.58. The maximum atomic E-state index is 13.0. The van der Waals surface area contributed by atoms with Crippen molar-refractivity contribution >= 4 is 5.91 Å². The monoisotopic (exact) mass is 309 g/mol. The molecule has 3 atom stereocenters. The van der Waals surface area contributed by atoms with Gasteiger partial charge in [0.2, 0.25) is 0 Å². The van der Waals surface area contributed by atoms with E-state index in [2.05, 4.69) is 40.3 Å². The van der Waals surface area contributed by atoms with Crippen LogP contribution in [0.2, 0.25) is 0 Å². The maximum absolute atomic E-state index is 13.0. The standard InChI is InChI=1S/C19H23N3O/c1-21-12-15(11-20-21)19(23)22-13-17(14-7-3-2-4-8-14)16-9-5-6-10-18(16)22/h2-4,7-8,11-12,16-18H,5-6,9-10,13H2,1H3/t16-,17-,18+/m0/s1. The van der Waals surface area contributed by atoms with Crippen LogP contribution >= 0.6 is 0 Å². The lowest BCUT2D eigenvalue weighted by Crippen LogP contribution is -2.39. The van der Waals surface area contributed by atoms with Crippen LogP contribution in [0.4, 0.5) is 0 Å². The van der Waals surface area contributed by atoms with Crippen LogP contribution in [0.15, 0.2) is 42.7 Å². The van der Waals surface area contributed by atoms with E-state index in [1.807, 2.05) is 13.2 Å². The molecule has 1 aliphatic carbocycles. The van der Waals surface area contributed by atoms with E-state index in [4.69, 9.17) is 0 Å². The predicted molar refractivity (Wildman–Crippen MR) is 89.2 cm³/mol. The van der Waals surface area contributed by atoms with E-state index in [1.54, 1.807) is 10.9 Å². The largest absolute Gasteiger partial charge is 0.335 e. The molecule has 1 saturated carbocycles. The van der Waals surface area contributed by atoms with Crippen LogP contribution in [0.1, 0.15) is 47.5 Å². The quantitative estimate of drug-likeness (QED) is 0.854. The number of likely N-dealkylation sites (tertiary alicyclic amines) is 1. The van der Waals surface area contributed by atoms with Gasteiger partial charge in [-0.25, -0.2) is 0 Å². The fourth-order valence-corrected chi connectivity index (χ4v) is 4.46. The Morgan fingerprint density at radius 2 is 1.96 bits per heavy atom. The smallest absolute Gasteiger partial charge is 0.257 e. The summed E-state index contributed by atoms with van der Waals surface area (Å²) >= 11 is 0. The molecule has 0 bridgehead atoms. The fraction of sp³-hybridized carbons (Fsp3) is 0.474. The van der Waals surface area contributed by atoms with Crippen LogP contribution in [0, 0.1) is 5.92 Å². The number of aromatic nitrogens is 2. The molecule has 0 N–H and O–H groups in total. The summed E-state index contributed by atoms with van der Waals surface area (Å²) in [6.07, 6.45) is 8.42. The van der Waals surface area contributed by atoms with Crippen molar-refractivity contribution in [3.05, 3.63) is 53.9 Å². The zero-order chi connectivity index (χ0) is 15.8. The summed E-state index contributed by atoms with van der Waals surface area (Å²) in [7, 11) is 1.86. The minimum absolute atomic E-state index is 0.147. The van der Waals surface area contributed by atoms with Gasteiger partial charge in [0.05, 0.1) is 11.8 Å². The first kappa shape index (κ1) is 14.5. The number of nitrogens with zero attached hydrogens (tertiary/aromatic N) is 3. The van der Waals surface area contributed by atoms with E-state index in [9.17, 15) is 4.79 Å². The van der Waals surface area contributed by atoms with Gasteiger partial charge >= 0.3 is 0 Å². The van der Waals surface area contributed by atoms with Crippen LogP contribution in [0.25, 0.3) is 0 Å². The van der Waals surface area contributed by atoms with Gasteiger partial charge in [0.15, 0.2) is 0 Å². The van der Waals surface area contributed by atoms with Crippen LogP contribution in [-0.4, -0.2) is 33.2 Å². The molecule has 0 spiro atoms. The number of hydrogen-bond acceptors (Lipinski definition) is 2. The van der Waals surface area contributed by atoms with Gasteiger partial charge in [-0.3, -0.25) is 9.48 Å². The van der Waals surface area contributed by atoms with Crippen molar-refractivity contribution in [3.63, 3.8) is 0 Å². The third-order valence-corrected chi connectivity index (χ3v) is 5.53. The summed E-state index contributed by atoms with van der Waals surface area (Å²) in [4.78, 5) is 15.1. The number of benzene rings is 1. The average Bonchev–Trinajstić information content (AvgIpc) is 3.19. The molecule has 120 valence electrons. The molecule has 2 aromatic rings. The Kier molecular flexibility index (Phi) is 3.68. The summed E-state index contributed by atoms with van der Waals surface area (Å²) < 4.78 is 1.70. The molecular weight excluding hydrogens is 286 g/mol. The second-order valence-electron chi connectivity index (χ2n) is 6.89. The third kappa shape index (κ3) is 2.56. The van der Waals surface area contributed by atoms with E-state index in [0.29, 0.717) is 23.4 Å². The summed E-state index contributed by atoms with van der Waals surface area (Å²) in [5, 5.41) is 4.16. The summed E-state index contributed by atoms with van der Waals surface area (Å²) in [5.41, 5.74) is 2.09. The normalized spacial score (nSPS) is 27.0. The Morgan fingerprint density at radius 1 is 1.17 bits per heavy atom. The predicted octanol–water partition coefficient (Wildman–Crippen LogP) is 3.22. The molecule has 0 unspecified atom stereocenters. The van der Waals surface area contributed by atoms with Crippen molar-refractivity contribution < 1.29 is 4.79 Å². The number of amides is 1. The zero-order valence-electron chi connectivity index (χ0n) is 13.6. The van der Waals surface area contributed by atoms with Gasteiger partial charge in [0, 0.05) is 31.7 Å². The van der Waals surface area contributed by atoms with Crippen molar-refractivity contribution in [3.8, 4) is 0 Å². The second kappa shape index (κ2) is 5.84. The second-order valence-corrected chi connectivity index (χ2v) is 6.89.